The number of carbonyl (C=O) groups excluding carboxylic acids is 1. The Morgan fingerprint density at radius 2 is 1.72 bits per heavy atom. The number of likely N-dealkylation sites (tertiary alicyclic amines) is 2. The zero-order chi connectivity index (χ0) is 20.1. The standard InChI is InChI=1S/C21H27N5O3/c27-20-2-1-9-23-26(20)16-21(28)25-12-5-17(6-13-25)24-14-7-19(8-15-24)29-18-3-10-22-11-4-18/h1-4,9-11,17,19H,5-8,12-16H2. The van der Waals surface area contributed by atoms with Crippen molar-refractivity contribution < 1.29 is 9.53 Å². The number of ether oxygens (including phenoxy) is 1. The Labute approximate surface area is 170 Å². The highest BCUT2D eigenvalue weighted by Crippen LogP contribution is 2.23. The maximum absolute atomic E-state index is 12.5. The summed E-state index contributed by atoms with van der Waals surface area (Å²) in [7, 11) is 0. The third kappa shape index (κ3) is 5.00. The van der Waals surface area contributed by atoms with Gasteiger partial charge in [0, 0.05) is 56.9 Å². The summed E-state index contributed by atoms with van der Waals surface area (Å²) in [6.45, 7) is 3.54. The van der Waals surface area contributed by atoms with Crippen molar-refractivity contribution in [2.24, 2.45) is 0 Å². The zero-order valence-electron chi connectivity index (χ0n) is 16.5. The first-order valence-corrected chi connectivity index (χ1v) is 10.3. The minimum atomic E-state index is -0.243. The lowest BCUT2D eigenvalue weighted by molar-refractivity contribution is -0.133. The Morgan fingerprint density at radius 1 is 1.00 bits per heavy atom. The van der Waals surface area contributed by atoms with Crippen LogP contribution in [-0.2, 0) is 11.3 Å². The van der Waals surface area contributed by atoms with Crippen LogP contribution in [0.25, 0.3) is 0 Å². The maximum Gasteiger partial charge on any atom is 0.267 e. The molecular formula is C21H27N5O3. The fourth-order valence-electron chi connectivity index (χ4n) is 4.18. The van der Waals surface area contributed by atoms with Crippen LogP contribution in [0.5, 0.6) is 5.75 Å². The molecule has 2 aromatic rings. The average Bonchev–Trinajstić information content (AvgIpc) is 2.77. The summed E-state index contributed by atoms with van der Waals surface area (Å²) in [5.74, 6) is 0.853. The van der Waals surface area contributed by atoms with E-state index in [4.69, 9.17) is 4.74 Å². The quantitative estimate of drug-likeness (QED) is 0.754. The number of pyridine rings is 1. The molecule has 8 nitrogen and oxygen atoms in total. The largest absolute Gasteiger partial charge is 0.490 e. The van der Waals surface area contributed by atoms with Crippen molar-refractivity contribution in [3.05, 3.63) is 53.2 Å². The fraction of sp³-hybridized carbons (Fsp3) is 0.524. The predicted octanol–water partition coefficient (Wildman–Crippen LogP) is 1.17. The summed E-state index contributed by atoms with van der Waals surface area (Å²) in [5.41, 5.74) is -0.243. The van der Waals surface area contributed by atoms with E-state index in [2.05, 4.69) is 15.0 Å². The van der Waals surface area contributed by atoms with Crippen LogP contribution in [0.15, 0.2) is 47.7 Å². The molecule has 0 aromatic carbocycles. The van der Waals surface area contributed by atoms with Crippen molar-refractivity contribution in [2.75, 3.05) is 26.2 Å². The first kappa shape index (κ1) is 19.6. The summed E-state index contributed by atoms with van der Waals surface area (Å²) in [6.07, 6.45) is 9.27. The topological polar surface area (TPSA) is 80.6 Å². The lowest BCUT2D eigenvalue weighted by Crippen LogP contribution is -2.50. The second-order valence-corrected chi connectivity index (χ2v) is 7.67. The van der Waals surface area contributed by atoms with Crippen LogP contribution < -0.4 is 10.3 Å². The molecule has 29 heavy (non-hydrogen) atoms. The van der Waals surface area contributed by atoms with Crippen molar-refractivity contribution in [3.63, 3.8) is 0 Å². The molecule has 2 fully saturated rings. The molecule has 2 aromatic heterocycles. The van der Waals surface area contributed by atoms with E-state index in [1.807, 2.05) is 17.0 Å². The number of rotatable bonds is 5. The number of piperidine rings is 2. The SMILES string of the molecule is O=C(Cn1ncccc1=O)N1CCC(N2CCC(Oc3ccncc3)CC2)CC1. The van der Waals surface area contributed by atoms with Gasteiger partial charge in [-0.2, -0.15) is 5.10 Å². The van der Waals surface area contributed by atoms with Crippen LogP contribution in [0, 0.1) is 0 Å². The van der Waals surface area contributed by atoms with Crippen molar-refractivity contribution in [1.29, 1.82) is 0 Å². The van der Waals surface area contributed by atoms with E-state index >= 15 is 0 Å². The molecule has 1 amide bonds. The lowest BCUT2D eigenvalue weighted by atomic mass is 9.98. The maximum atomic E-state index is 12.5. The molecule has 0 unspecified atom stereocenters. The molecular weight excluding hydrogens is 370 g/mol. The van der Waals surface area contributed by atoms with Gasteiger partial charge in [-0.25, -0.2) is 4.68 Å². The number of nitrogens with zero attached hydrogens (tertiary/aromatic N) is 5. The zero-order valence-corrected chi connectivity index (χ0v) is 16.5. The highest BCUT2D eigenvalue weighted by atomic mass is 16.5. The van der Waals surface area contributed by atoms with E-state index in [-0.39, 0.29) is 24.1 Å². The van der Waals surface area contributed by atoms with Gasteiger partial charge < -0.3 is 9.64 Å². The van der Waals surface area contributed by atoms with Gasteiger partial charge in [-0.05, 0) is 43.9 Å². The highest BCUT2D eigenvalue weighted by Gasteiger charge is 2.30. The van der Waals surface area contributed by atoms with E-state index < -0.39 is 0 Å². The number of carbonyl (C=O) groups is 1. The van der Waals surface area contributed by atoms with Crippen molar-refractivity contribution in [1.82, 2.24) is 24.6 Å². The van der Waals surface area contributed by atoms with Gasteiger partial charge in [0.1, 0.15) is 18.4 Å². The van der Waals surface area contributed by atoms with Crippen LogP contribution in [0.3, 0.4) is 0 Å². The van der Waals surface area contributed by atoms with Gasteiger partial charge in [-0.15, -0.1) is 0 Å². The molecule has 4 rings (SSSR count). The molecule has 0 bridgehead atoms. The molecule has 0 spiro atoms. The van der Waals surface area contributed by atoms with Crippen LogP contribution in [-0.4, -0.2) is 68.8 Å². The van der Waals surface area contributed by atoms with E-state index in [0.29, 0.717) is 6.04 Å². The van der Waals surface area contributed by atoms with Crippen molar-refractivity contribution in [3.8, 4) is 5.75 Å². The molecule has 0 N–H and O–H groups in total. The minimum Gasteiger partial charge on any atom is -0.490 e. The monoisotopic (exact) mass is 397 g/mol. The first-order valence-electron chi connectivity index (χ1n) is 10.3. The second kappa shape index (κ2) is 9.17. The fourth-order valence-corrected chi connectivity index (χ4v) is 4.18. The third-order valence-electron chi connectivity index (χ3n) is 5.83. The van der Waals surface area contributed by atoms with Crippen LogP contribution in [0.2, 0.25) is 0 Å². The van der Waals surface area contributed by atoms with Crippen molar-refractivity contribution >= 4 is 5.91 Å². The van der Waals surface area contributed by atoms with Gasteiger partial charge in [0.05, 0.1) is 0 Å². The van der Waals surface area contributed by atoms with Gasteiger partial charge in [0.2, 0.25) is 5.91 Å². The molecule has 0 aliphatic carbocycles. The summed E-state index contributed by atoms with van der Waals surface area (Å²) in [6, 6.07) is 7.32. The van der Waals surface area contributed by atoms with E-state index in [1.54, 1.807) is 18.5 Å². The third-order valence-corrected chi connectivity index (χ3v) is 5.83. The molecule has 2 saturated heterocycles. The molecule has 2 aliphatic rings. The molecule has 0 radical (unpaired) electrons. The summed E-state index contributed by atoms with van der Waals surface area (Å²) >= 11 is 0. The normalized spacial score (nSPS) is 19.2. The molecule has 4 heterocycles. The smallest absolute Gasteiger partial charge is 0.267 e. The predicted molar refractivity (Wildman–Crippen MR) is 108 cm³/mol. The minimum absolute atomic E-state index is 0.0160. The van der Waals surface area contributed by atoms with Crippen LogP contribution in [0.1, 0.15) is 25.7 Å². The van der Waals surface area contributed by atoms with Gasteiger partial charge in [-0.1, -0.05) is 0 Å². The van der Waals surface area contributed by atoms with Gasteiger partial charge in [0.25, 0.3) is 5.56 Å². The molecule has 154 valence electrons. The van der Waals surface area contributed by atoms with Crippen LogP contribution >= 0.6 is 0 Å². The van der Waals surface area contributed by atoms with Gasteiger partial charge in [0.15, 0.2) is 0 Å². The molecule has 0 saturated carbocycles. The van der Waals surface area contributed by atoms with Gasteiger partial charge in [-0.3, -0.25) is 19.5 Å². The number of aromatic nitrogens is 3. The van der Waals surface area contributed by atoms with E-state index in [1.165, 1.54) is 16.9 Å². The van der Waals surface area contributed by atoms with Crippen LogP contribution in [0.4, 0.5) is 0 Å². The second-order valence-electron chi connectivity index (χ2n) is 7.67. The first-order chi connectivity index (χ1) is 14.2. The Bertz CT molecular complexity index is 856. The molecule has 8 heteroatoms. The molecule has 2 aliphatic heterocycles. The Hall–Kier alpha value is -2.74. The summed E-state index contributed by atoms with van der Waals surface area (Å²) < 4.78 is 7.28. The highest BCUT2D eigenvalue weighted by molar-refractivity contribution is 5.76. The lowest BCUT2D eigenvalue weighted by Gasteiger charge is -2.41. The number of hydrogen-bond donors (Lipinski definition) is 0. The Morgan fingerprint density at radius 3 is 2.41 bits per heavy atom. The van der Waals surface area contributed by atoms with Crippen molar-refractivity contribution in [2.45, 2.75) is 44.4 Å². The Kier molecular flexibility index (Phi) is 6.19. The van der Waals surface area contributed by atoms with Gasteiger partial charge >= 0.3 is 0 Å². The van der Waals surface area contributed by atoms with E-state index in [9.17, 15) is 9.59 Å². The van der Waals surface area contributed by atoms with E-state index in [0.717, 1.165) is 57.6 Å². The number of amides is 1. The summed E-state index contributed by atoms with van der Waals surface area (Å²) in [5, 5.41) is 3.97. The molecule has 0 atom stereocenters. The summed E-state index contributed by atoms with van der Waals surface area (Å²) in [4.78, 5) is 32.7. The number of hydrogen-bond acceptors (Lipinski definition) is 6. The average molecular weight is 397 g/mol. The Balaban J connectivity index is 1.21.